The van der Waals surface area contributed by atoms with Crippen LogP contribution in [-0.2, 0) is 14.0 Å². The molecule has 148 valence electrons. The van der Waals surface area contributed by atoms with Crippen molar-refractivity contribution in [2.24, 2.45) is 0 Å². The third-order valence-corrected chi connectivity index (χ3v) is 4.53. The number of aromatic amines is 1. The predicted octanol–water partition coefficient (Wildman–Crippen LogP) is 2.91. The summed E-state index contributed by atoms with van der Waals surface area (Å²) < 4.78 is 17.5. The first kappa shape index (κ1) is 21.2. The molecule has 27 heavy (non-hydrogen) atoms. The molecule has 0 saturated carbocycles. The number of ether oxygens (including phenoxy) is 1. The van der Waals surface area contributed by atoms with Gasteiger partial charge in [-0.25, -0.2) is 4.79 Å². The van der Waals surface area contributed by atoms with Gasteiger partial charge in [0.1, 0.15) is 5.60 Å². The van der Waals surface area contributed by atoms with Gasteiger partial charge in [-0.1, -0.05) is 0 Å². The minimum atomic E-state index is -0.659. The van der Waals surface area contributed by atoms with Crippen molar-refractivity contribution in [2.75, 3.05) is 6.54 Å². The molecule has 1 aromatic rings. The van der Waals surface area contributed by atoms with Gasteiger partial charge in [-0.2, -0.15) is 0 Å². The quantitative estimate of drug-likeness (QED) is 0.789. The van der Waals surface area contributed by atoms with E-state index < -0.39 is 30.0 Å². The highest BCUT2D eigenvalue weighted by Crippen LogP contribution is 2.38. The molecule has 1 aliphatic rings. The molecule has 0 aliphatic carbocycles. The number of alkyl carbamates (subject to hydrolysis) is 1. The Balaban J connectivity index is 2.25. The highest BCUT2D eigenvalue weighted by molar-refractivity contribution is 6.56. The van der Waals surface area contributed by atoms with Crippen molar-refractivity contribution in [1.29, 1.82) is 0 Å². The second-order valence-electron chi connectivity index (χ2n) is 8.64. The van der Waals surface area contributed by atoms with Crippen LogP contribution in [0.15, 0.2) is 28.6 Å². The van der Waals surface area contributed by atoms with Gasteiger partial charge in [0.25, 0.3) is 0 Å². The molecule has 2 heterocycles. The average molecular weight is 376 g/mol. The fourth-order valence-electron chi connectivity index (χ4n) is 2.43. The summed E-state index contributed by atoms with van der Waals surface area (Å²) in [6.45, 7) is 13.4. The number of hydrogen-bond donors (Lipinski definition) is 2. The molecule has 0 unspecified atom stereocenters. The van der Waals surface area contributed by atoms with Crippen LogP contribution in [0.3, 0.4) is 0 Å². The van der Waals surface area contributed by atoms with Crippen LogP contribution in [0.1, 0.15) is 54.2 Å². The maximum atomic E-state index is 12.0. The first-order valence-electron chi connectivity index (χ1n) is 9.01. The molecule has 0 radical (unpaired) electrons. The fraction of sp³-hybridized carbons (Fsp3) is 0.579. The molecule has 2 rings (SSSR count). The van der Waals surface area contributed by atoms with E-state index in [2.05, 4.69) is 10.3 Å². The van der Waals surface area contributed by atoms with Crippen LogP contribution in [-0.4, -0.2) is 41.5 Å². The number of H-pyrrole nitrogens is 1. The minimum Gasteiger partial charge on any atom is -0.444 e. The normalized spacial score (nSPS) is 19.1. The summed E-state index contributed by atoms with van der Waals surface area (Å²) >= 11 is 0. The molecule has 1 amide bonds. The SMILES string of the molecule is CC(C)(C)OC(=O)NCC(=Cc1cc(=O)cc[nH]1)B1OC(C)(C)C(C)(C)O1. The van der Waals surface area contributed by atoms with Gasteiger partial charge in [0.05, 0.1) is 11.2 Å². The molecule has 0 aromatic carbocycles. The van der Waals surface area contributed by atoms with E-state index in [0.717, 1.165) is 0 Å². The van der Waals surface area contributed by atoms with Crippen LogP contribution in [0, 0.1) is 0 Å². The summed E-state index contributed by atoms with van der Waals surface area (Å²) in [6.07, 6.45) is 2.78. The van der Waals surface area contributed by atoms with Gasteiger partial charge in [-0.15, -0.1) is 0 Å². The fourth-order valence-corrected chi connectivity index (χ4v) is 2.43. The lowest BCUT2D eigenvalue weighted by molar-refractivity contribution is 0.00578. The molecular formula is C19H29BN2O5. The molecule has 1 fully saturated rings. The summed E-state index contributed by atoms with van der Waals surface area (Å²) in [5, 5.41) is 2.72. The first-order chi connectivity index (χ1) is 12.3. The second-order valence-corrected chi connectivity index (χ2v) is 8.64. The molecule has 0 spiro atoms. The number of carbonyl (C=O) groups is 1. The zero-order chi connectivity index (χ0) is 20.5. The lowest BCUT2D eigenvalue weighted by atomic mass is 9.77. The molecule has 0 bridgehead atoms. The smallest absolute Gasteiger partial charge is 0.444 e. The van der Waals surface area contributed by atoms with Crippen molar-refractivity contribution < 1.29 is 18.8 Å². The summed E-state index contributed by atoms with van der Waals surface area (Å²) in [6, 6.07) is 2.91. The Labute approximate surface area is 160 Å². The zero-order valence-electron chi connectivity index (χ0n) is 17.1. The van der Waals surface area contributed by atoms with Gasteiger partial charge in [-0.05, 0) is 60.0 Å². The third kappa shape index (κ3) is 5.71. The average Bonchev–Trinajstić information content (AvgIpc) is 2.70. The Hall–Kier alpha value is -2.06. The van der Waals surface area contributed by atoms with Crippen LogP contribution >= 0.6 is 0 Å². The van der Waals surface area contributed by atoms with E-state index in [4.69, 9.17) is 14.0 Å². The Morgan fingerprint density at radius 3 is 2.37 bits per heavy atom. The number of amides is 1. The van der Waals surface area contributed by atoms with E-state index in [1.165, 1.54) is 12.1 Å². The summed E-state index contributed by atoms with van der Waals surface area (Å²) in [5.41, 5.74) is -0.490. The van der Waals surface area contributed by atoms with Gasteiger partial charge in [-0.3, -0.25) is 4.79 Å². The van der Waals surface area contributed by atoms with Crippen LogP contribution in [0.5, 0.6) is 0 Å². The molecule has 1 saturated heterocycles. The van der Waals surface area contributed by atoms with E-state index in [-0.39, 0.29) is 12.0 Å². The van der Waals surface area contributed by atoms with E-state index in [1.54, 1.807) is 33.0 Å². The van der Waals surface area contributed by atoms with Gasteiger partial charge >= 0.3 is 13.2 Å². The Morgan fingerprint density at radius 1 is 1.26 bits per heavy atom. The van der Waals surface area contributed by atoms with Crippen molar-refractivity contribution in [3.05, 3.63) is 39.7 Å². The van der Waals surface area contributed by atoms with E-state index in [1.807, 2.05) is 27.7 Å². The first-order valence-corrected chi connectivity index (χ1v) is 9.01. The van der Waals surface area contributed by atoms with Crippen molar-refractivity contribution in [3.63, 3.8) is 0 Å². The molecule has 0 atom stereocenters. The number of nitrogens with one attached hydrogen (secondary N) is 2. The standard InChI is InChI=1S/C19H29BN2O5/c1-17(2,3)25-16(24)22-12-13(10-14-11-15(23)8-9-21-14)20-26-18(4,5)19(6,7)27-20/h8-11H,12H2,1-7H3,(H,21,23)(H,22,24). The summed E-state index contributed by atoms with van der Waals surface area (Å²) in [5.74, 6) is 0. The van der Waals surface area contributed by atoms with E-state index in [9.17, 15) is 9.59 Å². The van der Waals surface area contributed by atoms with Gasteiger partial charge < -0.3 is 24.3 Å². The number of carbonyl (C=O) groups excluding carboxylic acids is 1. The molecule has 8 heteroatoms. The van der Waals surface area contributed by atoms with Gasteiger partial charge in [0.2, 0.25) is 0 Å². The monoisotopic (exact) mass is 376 g/mol. The predicted molar refractivity (Wildman–Crippen MR) is 105 cm³/mol. The zero-order valence-corrected chi connectivity index (χ0v) is 17.1. The summed E-state index contributed by atoms with van der Waals surface area (Å²) in [7, 11) is -0.659. The van der Waals surface area contributed by atoms with Gasteiger partial charge in [0.15, 0.2) is 5.43 Å². The topological polar surface area (TPSA) is 89.7 Å². The second kappa shape index (κ2) is 7.52. The number of rotatable bonds is 4. The highest BCUT2D eigenvalue weighted by Gasteiger charge is 2.52. The van der Waals surface area contributed by atoms with Crippen LogP contribution in [0.2, 0.25) is 0 Å². The van der Waals surface area contributed by atoms with Crippen molar-refractivity contribution in [3.8, 4) is 0 Å². The molecular weight excluding hydrogens is 347 g/mol. The van der Waals surface area contributed by atoms with E-state index >= 15 is 0 Å². The van der Waals surface area contributed by atoms with E-state index in [0.29, 0.717) is 11.2 Å². The maximum Gasteiger partial charge on any atom is 0.492 e. The lowest BCUT2D eigenvalue weighted by Gasteiger charge is -2.32. The maximum absolute atomic E-state index is 12.0. The number of pyridine rings is 1. The number of hydrogen-bond acceptors (Lipinski definition) is 5. The van der Waals surface area contributed by atoms with Crippen molar-refractivity contribution in [1.82, 2.24) is 10.3 Å². The Kier molecular flexibility index (Phi) is 5.92. The van der Waals surface area contributed by atoms with Crippen molar-refractivity contribution >= 4 is 19.3 Å². The van der Waals surface area contributed by atoms with Crippen LogP contribution in [0.25, 0.3) is 6.08 Å². The molecule has 1 aromatic heterocycles. The Bertz CT molecular complexity index is 761. The third-order valence-electron chi connectivity index (χ3n) is 4.53. The Morgan fingerprint density at radius 2 is 1.85 bits per heavy atom. The lowest BCUT2D eigenvalue weighted by Crippen LogP contribution is -2.41. The summed E-state index contributed by atoms with van der Waals surface area (Å²) in [4.78, 5) is 26.7. The largest absolute Gasteiger partial charge is 0.492 e. The highest BCUT2D eigenvalue weighted by atomic mass is 16.7. The van der Waals surface area contributed by atoms with Crippen molar-refractivity contribution in [2.45, 2.75) is 65.3 Å². The molecule has 7 nitrogen and oxygen atoms in total. The minimum absolute atomic E-state index is 0.117. The molecule has 2 N–H and O–H groups in total. The molecule has 1 aliphatic heterocycles. The van der Waals surface area contributed by atoms with Crippen LogP contribution in [0.4, 0.5) is 4.79 Å². The van der Waals surface area contributed by atoms with Crippen LogP contribution < -0.4 is 10.7 Å². The number of aromatic nitrogens is 1. The van der Waals surface area contributed by atoms with Gasteiger partial charge in [0, 0.05) is 30.6 Å².